The van der Waals surface area contributed by atoms with Crippen LogP contribution in [-0.2, 0) is 4.74 Å². The Labute approximate surface area is 239 Å². The van der Waals surface area contributed by atoms with E-state index in [9.17, 15) is 14.7 Å². The maximum Gasteiger partial charge on any atom is 0.337 e. The number of carboxylic acids is 1. The van der Waals surface area contributed by atoms with Crippen molar-refractivity contribution < 1.29 is 38.4 Å². The molecule has 12 nitrogen and oxygen atoms in total. The number of carbonyl (C=O) groups is 2. The van der Waals surface area contributed by atoms with Gasteiger partial charge in [0, 0.05) is 37.0 Å². The molecule has 0 saturated carbocycles. The topological polar surface area (TPSA) is 168 Å². The van der Waals surface area contributed by atoms with E-state index >= 15 is 0 Å². The number of amides is 1. The van der Waals surface area contributed by atoms with Gasteiger partial charge in [-0.05, 0) is 31.7 Å². The number of anilines is 2. The molecule has 41 heavy (non-hydrogen) atoms. The van der Waals surface area contributed by atoms with Crippen LogP contribution in [0.4, 0.5) is 11.4 Å². The number of benzene rings is 2. The second-order valence-electron chi connectivity index (χ2n) is 9.94. The van der Waals surface area contributed by atoms with Crippen molar-refractivity contribution in [2.45, 2.75) is 38.0 Å². The highest BCUT2D eigenvalue weighted by Gasteiger charge is 2.39. The zero-order valence-electron chi connectivity index (χ0n) is 23.4. The third kappa shape index (κ3) is 6.95. The number of carbonyl (C=O) groups excluding carboxylic acids is 1. The van der Waals surface area contributed by atoms with E-state index < -0.39 is 5.97 Å². The molecular weight excluding hydrogens is 532 g/mol. The second-order valence-corrected chi connectivity index (χ2v) is 9.94. The Morgan fingerprint density at radius 3 is 2.10 bits per heavy atom. The molecule has 2 fully saturated rings. The van der Waals surface area contributed by atoms with Crippen LogP contribution in [0.15, 0.2) is 36.4 Å². The Bertz CT molecular complexity index is 1280. The number of likely N-dealkylation sites (tertiary alicyclic amines) is 1. The molecule has 2 aromatic carbocycles. The SMILES string of the molecule is C=C1C[C@@H](C2NCCO2)N(C(=O)c2cc(OC)c(OCCCCCOc3cc(N)c(C(=O)O)cc3OC)cc2N)C1. The lowest BCUT2D eigenvalue weighted by Gasteiger charge is -2.29. The standard InChI is InChI=1S/C29H38N4O8/c1-17-11-22(27-32-7-10-41-27)33(16-17)28(34)18-12-23(37-2)25(14-20(18)30)39-8-5-4-6-9-40-26-15-21(31)19(29(35)36)13-24(26)38-3/h12-15,22,27,32H,1,4-11,16,30-31H2,2-3H3,(H,35,36)/t22-,27?/m0/s1. The highest BCUT2D eigenvalue weighted by Crippen LogP contribution is 2.36. The lowest BCUT2D eigenvalue weighted by Crippen LogP contribution is -2.47. The first-order chi connectivity index (χ1) is 19.7. The van der Waals surface area contributed by atoms with E-state index in [-0.39, 0.29) is 29.4 Å². The Kier molecular flexibility index (Phi) is 9.79. The smallest absolute Gasteiger partial charge is 0.337 e. The molecule has 2 aliphatic rings. The molecule has 2 heterocycles. The molecule has 6 N–H and O–H groups in total. The summed E-state index contributed by atoms with van der Waals surface area (Å²) in [7, 11) is 2.96. The summed E-state index contributed by atoms with van der Waals surface area (Å²) in [5.41, 5.74) is 13.8. The van der Waals surface area contributed by atoms with Crippen molar-refractivity contribution in [2.24, 2.45) is 0 Å². The van der Waals surface area contributed by atoms with Crippen LogP contribution >= 0.6 is 0 Å². The Balaban J connectivity index is 1.28. The number of methoxy groups -OCH3 is 2. The molecule has 2 aromatic rings. The van der Waals surface area contributed by atoms with E-state index in [4.69, 9.17) is 35.2 Å². The third-order valence-electron chi connectivity index (χ3n) is 7.08. The molecule has 4 rings (SSSR count). The van der Waals surface area contributed by atoms with E-state index in [1.165, 1.54) is 26.4 Å². The normalized spacial score (nSPS) is 18.4. The van der Waals surface area contributed by atoms with Crippen molar-refractivity contribution in [1.82, 2.24) is 10.2 Å². The van der Waals surface area contributed by atoms with Crippen molar-refractivity contribution in [3.8, 4) is 23.0 Å². The maximum absolute atomic E-state index is 13.5. The number of hydrogen-bond acceptors (Lipinski definition) is 10. The van der Waals surface area contributed by atoms with Crippen LogP contribution in [-0.4, -0.2) is 81.3 Å². The minimum atomic E-state index is -1.13. The van der Waals surface area contributed by atoms with Gasteiger partial charge in [0.15, 0.2) is 23.0 Å². The number of ether oxygens (including phenoxy) is 5. The average molecular weight is 571 g/mol. The van der Waals surface area contributed by atoms with E-state index in [0.29, 0.717) is 67.0 Å². The first kappa shape index (κ1) is 29.8. The Morgan fingerprint density at radius 1 is 0.976 bits per heavy atom. The van der Waals surface area contributed by atoms with Crippen LogP contribution in [0.3, 0.4) is 0 Å². The predicted molar refractivity (Wildman–Crippen MR) is 153 cm³/mol. The van der Waals surface area contributed by atoms with Gasteiger partial charge in [-0.2, -0.15) is 0 Å². The van der Waals surface area contributed by atoms with Gasteiger partial charge in [-0.15, -0.1) is 0 Å². The van der Waals surface area contributed by atoms with E-state index in [1.54, 1.807) is 17.0 Å². The number of nitrogens with one attached hydrogen (secondary N) is 1. The van der Waals surface area contributed by atoms with Gasteiger partial charge in [-0.1, -0.05) is 12.2 Å². The Hall–Kier alpha value is -4.16. The fraction of sp³-hybridized carbons (Fsp3) is 0.448. The van der Waals surface area contributed by atoms with Crippen LogP contribution in [0.5, 0.6) is 23.0 Å². The molecule has 0 spiro atoms. The number of nitrogen functional groups attached to an aromatic ring is 2. The third-order valence-corrected chi connectivity index (χ3v) is 7.08. The molecule has 12 heteroatoms. The molecule has 0 bridgehead atoms. The van der Waals surface area contributed by atoms with Crippen LogP contribution in [0.1, 0.15) is 46.4 Å². The first-order valence-corrected chi connectivity index (χ1v) is 13.5. The summed E-state index contributed by atoms with van der Waals surface area (Å²) in [6, 6.07) is 5.90. The lowest BCUT2D eigenvalue weighted by atomic mass is 10.1. The predicted octanol–water partition coefficient (Wildman–Crippen LogP) is 2.91. The average Bonchev–Trinajstić information content (AvgIpc) is 3.62. The van der Waals surface area contributed by atoms with Crippen molar-refractivity contribution in [1.29, 1.82) is 0 Å². The second kappa shape index (κ2) is 13.5. The van der Waals surface area contributed by atoms with E-state index in [1.807, 2.05) is 0 Å². The zero-order chi connectivity index (χ0) is 29.5. The molecule has 222 valence electrons. The summed E-state index contributed by atoms with van der Waals surface area (Å²) in [5.74, 6) is 0.234. The molecule has 1 unspecified atom stereocenters. The summed E-state index contributed by atoms with van der Waals surface area (Å²) in [6.45, 7) is 6.68. The first-order valence-electron chi connectivity index (χ1n) is 13.5. The highest BCUT2D eigenvalue weighted by atomic mass is 16.5. The molecule has 0 aliphatic carbocycles. The molecule has 2 saturated heterocycles. The van der Waals surface area contributed by atoms with Gasteiger partial charge in [-0.3, -0.25) is 10.1 Å². The number of nitrogens with two attached hydrogens (primary N) is 2. The maximum atomic E-state index is 13.5. The van der Waals surface area contributed by atoms with Gasteiger partial charge >= 0.3 is 5.97 Å². The Morgan fingerprint density at radius 2 is 1.56 bits per heavy atom. The highest BCUT2D eigenvalue weighted by molar-refractivity contribution is 6.00. The summed E-state index contributed by atoms with van der Waals surface area (Å²) in [6.07, 6.45) is 2.70. The van der Waals surface area contributed by atoms with Crippen molar-refractivity contribution in [2.75, 3.05) is 58.6 Å². The molecule has 2 atom stereocenters. The van der Waals surface area contributed by atoms with Crippen molar-refractivity contribution in [3.63, 3.8) is 0 Å². The van der Waals surface area contributed by atoms with Crippen molar-refractivity contribution in [3.05, 3.63) is 47.5 Å². The van der Waals surface area contributed by atoms with E-state index in [2.05, 4.69) is 11.9 Å². The summed E-state index contributed by atoms with van der Waals surface area (Å²) in [4.78, 5) is 26.5. The summed E-state index contributed by atoms with van der Waals surface area (Å²) in [5, 5.41) is 12.5. The molecule has 0 radical (unpaired) electrons. The van der Waals surface area contributed by atoms with Gasteiger partial charge in [0.05, 0.1) is 56.9 Å². The summed E-state index contributed by atoms with van der Waals surface area (Å²) < 4.78 is 28.2. The number of carboxylic acid groups (broad SMARTS) is 1. The minimum Gasteiger partial charge on any atom is -0.493 e. The quantitative estimate of drug-likeness (QED) is 0.159. The van der Waals surface area contributed by atoms with Gasteiger partial charge in [-0.25, -0.2) is 4.79 Å². The number of aromatic carboxylic acids is 1. The fourth-order valence-corrected chi connectivity index (χ4v) is 4.98. The van der Waals surface area contributed by atoms with Crippen LogP contribution in [0.25, 0.3) is 0 Å². The number of nitrogens with zero attached hydrogens (tertiary/aromatic N) is 1. The molecular formula is C29H38N4O8. The van der Waals surface area contributed by atoms with Crippen LogP contribution in [0, 0.1) is 0 Å². The largest absolute Gasteiger partial charge is 0.493 e. The van der Waals surface area contributed by atoms with Gasteiger partial charge in [0.25, 0.3) is 5.91 Å². The molecule has 1 amide bonds. The van der Waals surface area contributed by atoms with Gasteiger partial charge < -0.3 is 45.2 Å². The summed E-state index contributed by atoms with van der Waals surface area (Å²) >= 11 is 0. The lowest BCUT2D eigenvalue weighted by molar-refractivity contribution is 0.0272. The van der Waals surface area contributed by atoms with Gasteiger partial charge in [0.2, 0.25) is 0 Å². The number of hydrogen-bond donors (Lipinski definition) is 4. The van der Waals surface area contributed by atoms with E-state index in [0.717, 1.165) is 31.4 Å². The van der Waals surface area contributed by atoms with Crippen LogP contribution < -0.4 is 35.7 Å². The molecule has 0 aromatic heterocycles. The van der Waals surface area contributed by atoms with Gasteiger partial charge in [0.1, 0.15) is 6.23 Å². The number of rotatable bonds is 13. The fourth-order valence-electron chi connectivity index (χ4n) is 4.98. The van der Waals surface area contributed by atoms with Crippen LogP contribution in [0.2, 0.25) is 0 Å². The minimum absolute atomic E-state index is 0.0399. The van der Waals surface area contributed by atoms with Crippen molar-refractivity contribution >= 4 is 23.3 Å². The zero-order valence-corrected chi connectivity index (χ0v) is 23.4. The number of unbranched alkanes of at least 4 members (excludes halogenated alkanes) is 2. The molecule has 2 aliphatic heterocycles. The monoisotopic (exact) mass is 570 g/mol.